The average molecular weight is 391 g/mol. The number of aromatic nitrogens is 4. The lowest BCUT2D eigenvalue weighted by molar-refractivity contribution is 0.156. The second-order valence-electron chi connectivity index (χ2n) is 8.32. The zero-order valence-corrected chi connectivity index (χ0v) is 17.4. The highest BCUT2D eigenvalue weighted by molar-refractivity contribution is 5.81. The van der Waals surface area contributed by atoms with Gasteiger partial charge in [-0.3, -0.25) is 4.57 Å². The van der Waals surface area contributed by atoms with Gasteiger partial charge in [-0.25, -0.2) is 4.79 Å². The summed E-state index contributed by atoms with van der Waals surface area (Å²) in [6, 6.07) is 0.244. The van der Waals surface area contributed by atoms with Crippen LogP contribution in [0.15, 0.2) is 4.79 Å². The maximum Gasteiger partial charge on any atom is 0.327 e. The summed E-state index contributed by atoms with van der Waals surface area (Å²) in [6.07, 6.45) is 5.46. The highest BCUT2D eigenvalue weighted by Gasteiger charge is 2.23. The number of hydrogen-bond donors (Lipinski definition) is 2. The van der Waals surface area contributed by atoms with Crippen LogP contribution < -0.4 is 16.2 Å². The second-order valence-corrected chi connectivity index (χ2v) is 8.32. The number of nitrogen functional groups attached to an aromatic ring is 1. The number of rotatable bonds is 9. The average Bonchev–Trinajstić information content (AvgIpc) is 2.97. The topological polar surface area (TPSA) is 102 Å². The Morgan fingerprint density at radius 3 is 2.93 bits per heavy atom. The molecule has 0 radical (unpaired) electrons. The lowest BCUT2D eigenvalue weighted by Crippen LogP contribution is -2.39. The molecule has 1 aliphatic rings. The molecule has 3 heterocycles. The molecule has 0 bridgehead atoms. The summed E-state index contributed by atoms with van der Waals surface area (Å²) in [6.45, 7) is 11.1. The predicted molar refractivity (Wildman–Crippen MR) is 112 cm³/mol. The summed E-state index contributed by atoms with van der Waals surface area (Å²) in [5.41, 5.74) is 6.91. The van der Waals surface area contributed by atoms with Gasteiger partial charge in [0.25, 0.3) is 0 Å². The van der Waals surface area contributed by atoms with E-state index in [0.717, 1.165) is 38.9 Å². The lowest BCUT2D eigenvalue weighted by Gasteiger charge is -2.33. The van der Waals surface area contributed by atoms with E-state index >= 15 is 0 Å². The molecule has 28 heavy (non-hydrogen) atoms. The van der Waals surface area contributed by atoms with E-state index in [-0.39, 0.29) is 17.5 Å². The van der Waals surface area contributed by atoms with Gasteiger partial charge in [0.2, 0.25) is 0 Å². The number of ether oxygens (including phenoxy) is 1. The fraction of sp³-hybridized carbons (Fsp3) is 0.750. The molecule has 1 saturated heterocycles. The summed E-state index contributed by atoms with van der Waals surface area (Å²) in [7, 11) is 0. The molecule has 1 atom stereocenters. The number of hydrogen-bond acceptors (Lipinski definition) is 6. The van der Waals surface area contributed by atoms with Crippen molar-refractivity contribution >= 4 is 17.0 Å². The van der Waals surface area contributed by atoms with Crippen LogP contribution in [-0.4, -0.2) is 50.7 Å². The van der Waals surface area contributed by atoms with Crippen molar-refractivity contribution in [3.05, 3.63) is 10.5 Å². The molecule has 1 unspecified atom stereocenters. The number of fused-ring (bicyclic) bond motifs is 1. The fourth-order valence-electron chi connectivity index (χ4n) is 3.77. The molecule has 2 aromatic rings. The van der Waals surface area contributed by atoms with Crippen molar-refractivity contribution in [3.8, 4) is 6.01 Å². The Bertz CT molecular complexity index is 828. The van der Waals surface area contributed by atoms with Gasteiger partial charge in [-0.15, -0.1) is 0 Å². The molecule has 0 spiro atoms. The lowest BCUT2D eigenvalue weighted by atomic mass is 9.97. The third-order valence-corrected chi connectivity index (χ3v) is 5.43. The van der Waals surface area contributed by atoms with Crippen LogP contribution in [0.2, 0.25) is 0 Å². The van der Waals surface area contributed by atoms with Gasteiger partial charge >= 0.3 is 11.7 Å². The zero-order valence-electron chi connectivity index (χ0n) is 17.4. The van der Waals surface area contributed by atoms with Crippen molar-refractivity contribution in [2.75, 3.05) is 32.0 Å². The minimum Gasteiger partial charge on any atom is -0.463 e. The predicted octanol–water partition coefficient (Wildman–Crippen LogP) is 2.64. The first-order chi connectivity index (χ1) is 13.5. The standard InChI is InChI=1S/C20H34N6O2/c1-4-5-11-28-19-23-17(21)16-18(24-19)26(20(27)22-16)13-15-7-6-9-25(12-15)10-8-14(2)3/h14-15H,4-13H2,1-3H3,(H,22,27)(H2,21,23,24). The van der Waals surface area contributed by atoms with Crippen LogP contribution in [0.4, 0.5) is 5.82 Å². The molecule has 0 aromatic carbocycles. The van der Waals surface area contributed by atoms with Crippen LogP contribution in [-0.2, 0) is 6.54 Å². The molecule has 8 nitrogen and oxygen atoms in total. The molecule has 2 aromatic heterocycles. The van der Waals surface area contributed by atoms with Crippen LogP contribution in [0.25, 0.3) is 11.2 Å². The zero-order chi connectivity index (χ0) is 20.1. The number of imidazole rings is 1. The molecule has 3 N–H and O–H groups in total. The van der Waals surface area contributed by atoms with E-state index in [1.807, 2.05) is 0 Å². The fourth-order valence-corrected chi connectivity index (χ4v) is 3.77. The normalized spacial score (nSPS) is 18.2. The van der Waals surface area contributed by atoms with Crippen molar-refractivity contribution in [2.45, 2.75) is 59.4 Å². The monoisotopic (exact) mass is 390 g/mol. The Kier molecular flexibility index (Phi) is 6.93. The van der Waals surface area contributed by atoms with Crippen molar-refractivity contribution in [3.63, 3.8) is 0 Å². The van der Waals surface area contributed by atoms with E-state index in [2.05, 4.69) is 40.6 Å². The molecule has 0 amide bonds. The first-order valence-electron chi connectivity index (χ1n) is 10.6. The van der Waals surface area contributed by atoms with E-state index in [1.54, 1.807) is 4.57 Å². The number of nitrogens with one attached hydrogen (secondary N) is 1. The Hall–Kier alpha value is -2.09. The van der Waals surface area contributed by atoms with Gasteiger partial charge in [-0.2, -0.15) is 9.97 Å². The number of nitrogens with two attached hydrogens (primary N) is 1. The molecule has 1 fully saturated rings. The number of nitrogens with zero attached hydrogens (tertiary/aromatic N) is 4. The van der Waals surface area contributed by atoms with Gasteiger partial charge < -0.3 is 20.4 Å². The third-order valence-electron chi connectivity index (χ3n) is 5.43. The van der Waals surface area contributed by atoms with Crippen LogP contribution in [0, 0.1) is 11.8 Å². The maximum absolute atomic E-state index is 12.6. The van der Waals surface area contributed by atoms with E-state index in [0.29, 0.717) is 36.2 Å². The third kappa shape index (κ3) is 5.04. The molecular formula is C20H34N6O2. The maximum atomic E-state index is 12.6. The van der Waals surface area contributed by atoms with Gasteiger partial charge in [0, 0.05) is 13.1 Å². The number of aromatic amines is 1. The van der Waals surface area contributed by atoms with Crippen molar-refractivity contribution in [1.29, 1.82) is 0 Å². The molecule has 0 aliphatic carbocycles. The molecule has 156 valence electrons. The Balaban J connectivity index is 1.76. The molecular weight excluding hydrogens is 356 g/mol. The highest BCUT2D eigenvalue weighted by atomic mass is 16.5. The molecule has 0 saturated carbocycles. The number of anilines is 1. The summed E-state index contributed by atoms with van der Waals surface area (Å²) in [5.74, 6) is 1.40. The Morgan fingerprint density at radius 2 is 2.18 bits per heavy atom. The number of H-pyrrole nitrogens is 1. The highest BCUT2D eigenvalue weighted by Crippen LogP contribution is 2.22. The minimum atomic E-state index is -0.180. The van der Waals surface area contributed by atoms with Gasteiger partial charge in [0.05, 0.1) is 6.61 Å². The van der Waals surface area contributed by atoms with Crippen LogP contribution in [0.1, 0.15) is 52.9 Å². The van der Waals surface area contributed by atoms with Crippen molar-refractivity contribution in [2.24, 2.45) is 11.8 Å². The van der Waals surface area contributed by atoms with Crippen LogP contribution >= 0.6 is 0 Å². The number of unbranched alkanes of at least 4 members (excludes halogenated alkanes) is 1. The number of piperidine rings is 1. The van der Waals surface area contributed by atoms with E-state index < -0.39 is 0 Å². The van der Waals surface area contributed by atoms with E-state index in [4.69, 9.17) is 10.5 Å². The number of likely N-dealkylation sites (tertiary alicyclic amines) is 1. The molecule has 8 heteroatoms. The van der Waals surface area contributed by atoms with Gasteiger partial charge in [-0.1, -0.05) is 27.2 Å². The first-order valence-corrected chi connectivity index (χ1v) is 10.6. The molecule has 1 aliphatic heterocycles. The minimum absolute atomic E-state index is 0.180. The van der Waals surface area contributed by atoms with Gasteiger partial charge in [-0.05, 0) is 50.6 Å². The van der Waals surface area contributed by atoms with Crippen molar-refractivity contribution < 1.29 is 4.74 Å². The SMILES string of the molecule is CCCCOc1nc(N)c2[nH]c(=O)n(CC3CCCN(CCC(C)C)C3)c2n1. The van der Waals surface area contributed by atoms with Crippen molar-refractivity contribution in [1.82, 2.24) is 24.4 Å². The van der Waals surface area contributed by atoms with Crippen LogP contribution in [0.3, 0.4) is 0 Å². The van der Waals surface area contributed by atoms with E-state index in [1.165, 1.54) is 12.8 Å². The molecule has 3 rings (SSSR count). The first kappa shape index (κ1) is 20.6. The summed E-state index contributed by atoms with van der Waals surface area (Å²) >= 11 is 0. The Labute approximate surface area is 166 Å². The Morgan fingerprint density at radius 1 is 1.36 bits per heavy atom. The van der Waals surface area contributed by atoms with Gasteiger partial charge in [0.15, 0.2) is 11.5 Å². The second kappa shape index (κ2) is 9.41. The smallest absolute Gasteiger partial charge is 0.327 e. The summed E-state index contributed by atoms with van der Waals surface area (Å²) in [5, 5.41) is 0. The summed E-state index contributed by atoms with van der Waals surface area (Å²) in [4.78, 5) is 26.6. The van der Waals surface area contributed by atoms with E-state index in [9.17, 15) is 4.79 Å². The largest absolute Gasteiger partial charge is 0.463 e. The summed E-state index contributed by atoms with van der Waals surface area (Å²) < 4.78 is 7.33. The quantitative estimate of drug-likeness (QED) is 0.638. The van der Waals surface area contributed by atoms with Gasteiger partial charge in [0.1, 0.15) is 5.52 Å². The van der Waals surface area contributed by atoms with Crippen LogP contribution in [0.5, 0.6) is 6.01 Å².